The Morgan fingerprint density at radius 2 is 1.90 bits per heavy atom. The largest absolute Gasteiger partial charge is 0.493 e. The van der Waals surface area contributed by atoms with Gasteiger partial charge in [-0.2, -0.15) is 5.26 Å². The zero-order valence-electron chi connectivity index (χ0n) is 16.9. The van der Waals surface area contributed by atoms with Crippen LogP contribution in [0.5, 0.6) is 11.5 Å². The average Bonchev–Trinajstić information content (AvgIpc) is 3.26. The molecule has 1 saturated carbocycles. The smallest absolute Gasteiger partial charge is 0.262 e. The van der Waals surface area contributed by atoms with Crippen LogP contribution in [0.2, 0.25) is 15.1 Å². The molecule has 1 fully saturated rings. The first-order valence-electron chi connectivity index (χ1n) is 9.78. The molecule has 1 aliphatic carbocycles. The first kappa shape index (κ1) is 23.3. The van der Waals surface area contributed by atoms with Crippen molar-refractivity contribution in [2.75, 3.05) is 7.11 Å². The molecular formula is C23H21Cl3N2O3. The molecule has 0 heterocycles. The molecule has 3 rings (SSSR count). The van der Waals surface area contributed by atoms with Crippen LogP contribution >= 0.6 is 34.8 Å². The van der Waals surface area contributed by atoms with E-state index >= 15 is 0 Å². The topological polar surface area (TPSA) is 71.3 Å². The lowest BCUT2D eigenvalue weighted by atomic mass is 10.1. The van der Waals surface area contributed by atoms with Crippen molar-refractivity contribution in [3.63, 3.8) is 0 Å². The molecule has 0 aliphatic heterocycles. The Morgan fingerprint density at radius 1 is 1.16 bits per heavy atom. The van der Waals surface area contributed by atoms with Gasteiger partial charge in [-0.25, -0.2) is 0 Å². The van der Waals surface area contributed by atoms with Crippen LogP contribution in [0.3, 0.4) is 0 Å². The molecule has 162 valence electrons. The SMILES string of the molecule is COc1cc(/C=C(/C#N)C(=O)NC2CCCC2)cc(Cl)c1OCc1ccc(Cl)c(Cl)c1. The number of carbonyl (C=O) groups excluding carboxylic acids is 1. The monoisotopic (exact) mass is 478 g/mol. The van der Waals surface area contributed by atoms with Crippen molar-refractivity contribution in [2.45, 2.75) is 38.3 Å². The lowest BCUT2D eigenvalue weighted by Crippen LogP contribution is -2.33. The zero-order chi connectivity index (χ0) is 22.4. The summed E-state index contributed by atoms with van der Waals surface area (Å²) in [6.45, 7) is 0.204. The Bertz CT molecular complexity index is 1040. The molecule has 0 unspecified atom stereocenters. The third-order valence-electron chi connectivity index (χ3n) is 4.99. The number of hydrogen-bond donors (Lipinski definition) is 1. The summed E-state index contributed by atoms with van der Waals surface area (Å²) in [5.74, 6) is 0.345. The first-order valence-corrected chi connectivity index (χ1v) is 10.9. The van der Waals surface area contributed by atoms with Crippen molar-refractivity contribution in [2.24, 2.45) is 0 Å². The Balaban J connectivity index is 1.78. The second kappa shape index (κ2) is 10.8. The number of benzene rings is 2. The number of ether oxygens (including phenoxy) is 2. The lowest BCUT2D eigenvalue weighted by molar-refractivity contribution is -0.117. The molecule has 1 aliphatic rings. The fourth-order valence-corrected chi connectivity index (χ4v) is 3.99. The first-order chi connectivity index (χ1) is 14.9. The van der Waals surface area contributed by atoms with Crippen LogP contribution in [0.4, 0.5) is 0 Å². The third-order valence-corrected chi connectivity index (χ3v) is 6.01. The van der Waals surface area contributed by atoms with E-state index in [-0.39, 0.29) is 24.1 Å². The molecule has 31 heavy (non-hydrogen) atoms. The summed E-state index contributed by atoms with van der Waals surface area (Å²) in [6, 6.07) is 10.6. The molecule has 0 aromatic heterocycles. The highest BCUT2D eigenvalue weighted by molar-refractivity contribution is 6.42. The highest BCUT2D eigenvalue weighted by Crippen LogP contribution is 2.38. The van der Waals surface area contributed by atoms with Gasteiger partial charge in [-0.1, -0.05) is 53.7 Å². The molecule has 2 aromatic carbocycles. The number of carbonyl (C=O) groups is 1. The quantitative estimate of drug-likeness (QED) is 0.379. The number of methoxy groups -OCH3 is 1. The Morgan fingerprint density at radius 3 is 2.55 bits per heavy atom. The molecule has 0 atom stereocenters. The van der Waals surface area contributed by atoms with E-state index in [2.05, 4.69) is 5.32 Å². The van der Waals surface area contributed by atoms with Crippen molar-refractivity contribution in [1.82, 2.24) is 5.32 Å². The Labute approximate surface area is 196 Å². The fraction of sp³-hybridized carbons (Fsp3) is 0.304. The van der Waals surface area contributed by atoms with Gasteiger partial charge in [-0.05, 0) is 54.3 Å². The van der Waals surface area contributed by atoms with Gasteiger partial charge in [-0.3, -0.25) is 4.79 Å². The predicted octanol–water partition coefficient (Wildman–Crippen LogP) is 6.20. The predicted molar refractivity (Wildman–Crippen MR) is 123 cm³/mol. The van der Waals surface area contributed by atoms with Crippen molar-refractivity contribution < 1.29 is 14.3 Å². The van der Waals surface area contributed by atoms with E-state index in [1.165, 1.54) is 13.2 Å². The summed E-state index contributed by atoms with van der Waals surface area (Å²) in [4.78, 5) is 12.4. The standard InChI is InChI=1S/C23H21Cl3N2O3/c1-30-21-11-15(8-16(12-27)23(29)28-17-4-2-3-5-17)10-20(26)22(21)31-13-14-6-7-18(24)19(25)9-14/h6-11,17H,2-5,13H2,1H3,(H,28,29)/b16-8-. The van der Waals surface area contributed by atoms with Crippen LogP contribution in [-0.2, 0) is 11.4 Å². The van der Waals surface area contributed by atoms with Crippen LogP contribution < -0.4 is 14.8 Å². The number of nitrogens with one attached hydrogen (secondary N) is 1. The second-order valence-electron chi connectivity index (χ2n) is 7.20. The van der Waals surface area contributed by atoms with E-state index in [4.69, 9.17) is 44.3 Å². The Kier molecular flexibility index (Phi) is 8.09. The van der Waals surface area contributed by atoms with Crippen LogP contribution in [0.1, 0.15) is 36.8 Å². The maximum atomic E-state index is 12.4. The van der Waals surface area contributed by atoms with Crippen LogP contribution in [0, 0.1) is 11.3 Å². The van der Waals surface area contributed by atoms with E-state index in [0.717, 1.165) is 31.2 Å². The minimum absolute atomic E-state index is 0.00879. The maximum absolute atomic E-state index is 12.4. The molecule has 0 spiro atoms. The summed E-state index contributed by atoms with van der Waals surface area (Å²) in [7, 11) is 1.49. The van der Waals surface area contributed by atoms with Gasteiger partial charge in [0, 0.05) is 6.04 Å². The van der Waals surface area contributed by atoms with Crippen molar-refractivity contribution >= 4 is 46.8 Å². The van der Waals surface area contributed by atoms with Gasteiger partial charge in [0.15, 0.2) is 11.5 Å². The van der Waals surface area contributed by atoms with Gasteiger partial charge in [0.2, 0.25) is 0 Å². The zero-order valence-corrected chi connectivity index (χ0v) is 19.2. The summed E-state index contributed by atoms with van der Waals surface area (Å²) >= 11 is 18.4. The Hall–Kier alpha value is -2.39. The van der Waals surface area contributed by atoms with E-state index < -0.39 is 0 Å². The third kappa shape index (κ3) is 6.07. The van der Waals surface area contributed by atoms with Crippen LogP contribution in [-0.4, -0.2) is 19.1 Å². The molecule has 2 aromatic rings. The van der Waals surface area contributed by atoms with Gasteiger partial charge >= 0.3 is 0 Å². The van der Waals surface area contributed by atoms with E-state index in [1.807, 2.05) is 6.07 Å². The summed E-state index contributed by atoms with van der Waals surface area (Å²) in [5, 5.41) is 13.5. The average molecular weight is 480 g/mol. The van der Waals surface area contributed by atoms with E-state index in [1.54, 1.807) is 30.3 Å². The molecule has 8 heteroatoms. The highest BCUT2D eigenvalue weighted by atomic mass is 35.5. The van der Waals surface area contributed by atoms with E-state index in [9.17, 15) is 10.1 Å². The number of amides is 1. The fourth-order valence-electron chi connectivity index (χ4n) is 3.40. The van der Waals surface area contributed by atoms with Gasteiger partial charge in [0.25, 0.3) is 5.91 Å². The maximum Gasteiger partial charge on any atom is 0.262 e. The van der Waals surface area contributed by atoms with Gasteiger partial charge in [-0.15, -0.1) is 0 Å². The molecule has 5 nitrogen and oxygen atoms in total. The minimum Gasteiger partial charge on any atom is -0.493 e. The molecule has 1 N–H and O–H groups in total. The number of hydrogen-bond acceptors (Lipinski definition) is 4. The van der Waals surface area contributed by atoms with E-state index in [0.29, 0.717) is 32.1 Å². The van der Waals surface area contributed by atoms with Crippen molar-refractivity contribution in [1.29, 1.82) is 5.26 Å². The number of nitrogens with zero attached hydrogens (tertiary/aromatic N) is 1. The summed E-state index contributed by atoms with van der Waals surface area (Å²) < 4.78 is 11.3. The summed E-state index contributed by atoms with van der Waals surface area (Å²) in [5.41, 5.74) is 1.38. The normalized spacial score (nSPS) is 14.2. The van der Waals surface area contributed by atoms with Crippen molar-refractivity contribution in [3.8, 4) is 17.6 Å². The van der Waals surface area contributed by atoms with Crippen LogP contribution in [0.25, 0.3) is 6.08 Å². The minimum atomic E-state index is -0.385. The molecule has 0 bridgehead atoms. The van der Waals surface area contributed by atoms with Gasteiger partial charge in [0.1, 0.15) is 18.2 Å². The van der Waals surface area contributed by atoms with Crippen LogP contribution in [0.15, 0.2) is 35.9 Å². The molecule has 1 amide bonds. The van der Waals surface area contributed by atoms with Crippen molar-refractivity contribution in [3.05, 3.63) is 62.1 Å². The van der Waals surface area contributed by atoms with Gasteiger partial charge in [0.05, 0.1) is 22.2 Å². The molecule has 0 saturated heterocycles. The second-order valence-corrected chi connectivity index (χ2v) is 8.42. The molecular weight excluding hydrogens is 459 g/mol. The lowest BCUT2D eigenvalue weighted by Gasteiger charge is -2.14. The summed E-state index contributed by atoms with van der Waals surface area (Å²) in [6.07, 6.45) is 5.55. The number of rotatable bonds is 7. The highest BCUT2D eigenvalue weighted by Gasteiger charge is 2.20. The number of nitriles is 1. The molecule has 0 radical (unpaired) electrons. The number of halogens is 3. The van der Waals surface area contributed by atoms with Gasteiger partial charge < -0.3 is 14.8 Å².